The number of methoxy groups -OCH3 is 1. The highest BCUT2D eigenvalue weighted by Crippen LogP contribution is 2.50. The Kier molecular flexibility index (Phi) is 5.17. The van der Waals surface area contributed by atoms with E-state index in [0.717, 1.165) is 40.0 Å². The molecule has 1 aromatic heterocycles. The number of aliphatic hydroxyl groups is 1. The van der Waals surface area contributed by atoms with Gasteiger partial charge in [-0.25, -0.2) is 8.78 Å². The zero-order valence-corrected chi connectivity index (χ0v) is 18.9. The first-order valence-electron chi connectivity index (χ1n) is 11.0. The summed E-state index contributed by atoms with van der Waals surface area (Å²) in [7, 11) is 3.57. The number of aliphatic hydroxyl groups excluding tert-OH is 1. The van der Waals surface area contributed by atoms with Crippen LogP contribution in [0.2, 0.25) is 0 Å². The van der Waals surface area contributed by atoms with E-state index in [1.165, 1.54) is 6.07 Å². The second-order valence-corrected chi connectivity index (χ2v) is 9.20. The average molecular weight is 456 g/mol. The van der Waals surface area contributed by atoms with Crippen molar-refractivity contribution in [3.8, 4) is 5.75 Å². The van der Waals surface area contributed by atoms with Crippen LogP contribution in [0.25, 0.3) is 10.9 Å². The lowest BCUT2D eigenvalue weighted by molar-refractivity contribution is -0.138. The molecule has 2 aromatic carbocycles. The number of fused-ring (bicyclic) bond motifs is 4. The molecule has 174 valence electrons. The lowest BCUT2D eigenvalue weighted by Crippen LogP contribution is -2.67. The summed E-state index contributed by atoms with van der Waals surface area (Å²) >= 11 is 0. The molecule has 0 unspecified atom stereocenters. The number of benzene rings is 2. The molecule has 0 radical (unpaired) electrons. The molecule has 1 fully saturated rings. The minimum Gasteiger partial charge on any atom is -0.497 e. The van der Waals surface area contributed by atoms with Crippen LogP contribution in [0.4, 0.5) is 8.78 Å². The third-order valence-electron chi connectivity index (χ3n) is 7.23. The van der Waals surface area contributed by atoms with Crippen LogP contribution < -0.4 is 4.74 Å². The van der Waals surface area contributed by atoms with Crippen LogP contribution >= 0.6 is 0 Å². The highest BCUT2D eigenvalue weighted by molar-refractivity contribution is 5.89. The van der Waals surface area contributed by atoms with Crippen LogP contribution in [0.5, 0.6) is 5.75 Å². The molecule has 0 bridgehead atoms. The van der Waals surface area contributed by atoms with Crippen LogP contribution in [-0.2, 0) is 23.8 Å². The number of ether oxygens (including phenoxy) is 1. The lowest BCUT2D eigenvalue weighted by Gasteiger charge is -2.56. The Morgan fingerprint density at radius 1 is 1.18 bits per heavy atom. The molecule has 1 amide bonds. The standard InChI is InChI=1S/C25H27F2N3O3/c1-15(32)30-13-25(14-30)12-29(10-16-8-17(26)4-7-20(16)27)22(11-31)24-23(25)19-6-5-18(33-3)9-21(19)28(24)2/h4-9,22,31H,10-14H2,1-3H3/t22-/m0/s1. The monoisotopic (exact) mass is 455 g/mol. The van der Waals surface area contributed by atoms with Crippen molar-refractivity contribution in [2.24, 2.45) is 7.05 Å². The number of carbonyl (C=O) groups is 1. The smallest absolute Gasteiger partial charge is 0.219 e. The summed E-state index contributed by atoms with van der Waals surface area (Å²) in [5.74, 6) is -0.236. The summed E-state index contributed by atoms with van der Waals surface area (Å²) in [6.45, 7) is 3.15. The van der Waals surface area contributed by atoms with Crippen molar-refractivity contribution >= 4 is 16.8 Å². The van der Waals surface area contributed by atoms with Gasteiger partial charge >= 0.3 is 0 Å². The van der Waals surface area contributed by atoms with E-state index in [4.69, 9.17) is 4.74 Å². The van der Waals surface area contributed by atoms with Crippen LogP contribution in [0.1, 0.15) is 29.8 Å². The maximum Gasteiger partial charge on any atom is 0.219 e. The van der Waals surface area contributed by atoms with E-state index in [1.54, 1.807) is 18.9 Å². The minimum atomic E-state index is -0.498. The number of likely N-dealkylation sites (tertiary alicyclic amines) is 1. The van der Waals surface area contributed by atoms with Crippen LogP contribution in [-0.4, -0.2) is 58.7 Å². The van der Waals surface area contributed by atoms with E-state index in [9.17, 15) is 18.7 Å². The molecule has 5 rings (SSSR count). The van der Waals surface area contributed by atoms with E-state index in [1.807, 2.05) is 30.1 Å². The largest absolute Gasteiger partial charge is 0.497 e. The normalized spacial score (nSPS) is 19.6. The molecule has 1 N–H and O–H groups in total. The first-order valence-corrected chi connectivity index (χ1v) is 11.0. The summed E-state index contributed by atoms with van der Waals surface area (Å²) in [6, 6.07) is 8.96. The molecule has 2 aliphatic rings. The number of nitrogens with zero attached hydrogens (tertiary/aromatic N) is 3. The second-order valence-electron chi connectivity index (χ2n) is 9.20. The van der Waals surface area contributed by atoms with Crippen molar-refractivity contribution in [2.75, 3.05) is 33.4 Å². The summed E-state index contributed by atoms with van der Waals surface area (Å²) in [4.78, 5) is 15.9. The molecule has 33 heavy (non-hydrogen) atoms. The van der Waals surface area contributed by atoms with E-state index in [0.29, 0.717) is 19.6 Å². The summed E-state index contributed by atoms with van der Waals surface area (Å²) < 4.78 is 35.9. The maximum atomic E-state index is 14.5. The van der Waals surface area contributed by atoms with Gasteiger partial charge in [-0.2, -0.15) is 0 Å². The number of hydrogen-bond acceptors (Lipinski definition) is 4. The van der Waals surface area contributed by atoms with Gasteiger partial charge in [0.1, 0.15) is 17.4 Å². The van der Waals surface area contributed by atoms with Crippen molar-refractivity contribution < 1.29 is 23.4 Å². The van der Waals surface area contributed by atoms with Gasteiger partial charge in [-0.05, 0) is 35.9 Å². The molecule has 8 heteroatoms. The van der Waals surface area contributed by atoms with Crippen LogP contribution in [0.3, 0.4) is 0 Å². The number of amides is 1. The molecular formula is C25H27F2N3O3. The highest BCUT2D eigenvalue weighted by atomic mass is 19.1. The summed E-state index contributed by atoms with van der Waals surface area (Å²) in [6.07, 6.45) is 0. The number of hydrogen-bond donors (Lipinski definition) is 1. The lowest BCUT2D eigenvalue weighted by atomic mass is 9.68. The van der Waals surface area contributed by atoms with Gasteiger partial charge in [-0.1, -0.05) is 0 Å². The maximum absolute atomic E-state index is 14.5. The van der Waals surface area contributed by atoms with Gasteiger partial charge < -0.3 is 19.3 Å². The highest BCUT2D eigenvalue weighted by Gasteiger charge is 2.54. The molecule has 2 aliphatic heterocycles. The molecular weight excluding hydrogens is 428 g/mol. The predicted octanol–water partition coefficient (Wildman–Crippen LogP) is 3.11. The minimum absolute atomic E-state index is 0.0103. The van der Waals surface area contributed by atoms with Crippen molar-refractivity contribution in [2.45, 2.75) is 24.9 Å². The Labute approximate surface area is 191 Å². The molecule has 6 nitrogen and oxygen atoms in total. The topological polar surface area (TPSA) is 57.9 Å². The van der Waals surface area contributed by atoms with E-state index in [2.05, 4.69) is 4.57 Å². The fourth-order valence-corrected chi connectivity index (χ4v) is 5.68. The predicted molar refractivity (Wildman–Crippen MR) is 120 cm³/mol. The zero-order chi connectivity index (χ0) is 23.5. The number of aryl methyl sites for hydroxylation is 1. The van der Waals surface area contributed by atoms with Gasteiger partial charge in [0.15, 0.2) is 0 Å². The molecule has 1 atom stereocenters. The van der Waals surface area contributed by atoms with E-state index in [-0.39, 0.29) is 30.0 Å². The second kappa shape index (κ2) is 7.81. The Hall–Kier alpha value is -2.97. The number of rotatable bonds is 4. The molecule has 1 saturated heterocycles. The summed E-state index contributed by atoms with van der Waals surface area (Å²) in [5, 5.41) is 11.5. The molecule has 1 spiro atoms. The van der Waals surface area contributed by atoms with Crippen LogP contribution in [0, 0.1) is 11.6 Å². The van der Waals surface area contributed by atoms with Gasteiger partial charge in [0.2, 0.25) is 5.91 Å². The van der Waals surface area contributed by atoms with Crippen molar-refractivity contribution in [1.29, 1.82) is 0 Å². The fraction of sp³-hybridized carbons (Fsp3) is 0.400. The number of halogens is 2. The average Bonchev–Trinajstić information content (AvgIpc) is 3.06. The molecule has 3 aromatic rings. The fourth-order valence-electron chi connectivity index (χ4n) is 5.68. The third-order valence-corrected chi connectivity index (χ3v) is 7.23. The van der Waals surface area contributed by atoms with E-state index >= 15 is 0 Å². The summed E-state index contributed by atoms with van der Waals surface area (Å²) in [5.41, 5.74) is 2.92. The Morgan fingerprint density at radius 3 is 2.61 bits per heavy atom. The van der Waals surface area contributed by atoms with Gasteiger partial charge in [0.05, 0.1) is 25.3 Å². The molecule has 0 aliphatic carbocycles. The number of aromatic nitrogens is 1. The third kappa shape index (κ3) is 3.31. The van der Waals surface area contributed by atoms with Gasteiger partial charge in [0, 0.05) is 68.3 Å². The van der Waals surface area contributed by atoms with Gasteiger partial charge in [0.25, 0.3) is 0 Å². The van der Waals surface area contributed by atoms with E-state index < -0.39 is 17.7 Å². The zero-order valence-electron chi connectivity index (χ0n) is 18.9. The Bertz CT molecular complexity index is 1250. The molecule has 3 heterocycles. The van der Waals surface area contributed by atoms with Crippen molar-refractivity contribution in [3.63, 3.8) is 0 Å². The van der Waals surface area contributed by atoms with Crippen LogP contribution in [0.15, 0.2) is 36.4 Å². The first-order chi connectivity index (χ1) is 15.8. The van der Waals surface area contributed by atoms with Gasteiger partial charge in [-0.15, -0.1) is 0 Å². The van der Waals surface area contributed by atoms with Crippen molar-refractivity contribution in [3.05, 3.63) is 64.9 Å². The van der Waals surface area contributed by atoms with Crippen molar-refractivity contribution in [1.82, 2.24) is 14.4 Å². The quantitative estimate of drug-likeness (QED) is 0.657. The Balaban J connectivity index is 1.67. The first kappa shape index (κ1) is 21.9. The number of carbonyl (C=O) groups excluding carboxylic acids is 1. The molecule has 0 saturated carbocycles. The SMILES string of the molecule is COc1ccc2c3c(n(C)c2c1)[C@H](CO)N(Cc1cc(F)ccc1F)CC31CN(C(C)=O)C1. The Morgan fingerprint density at radius 2 is 1.94 bits per heavy atom. The van der Waals surface area contributed by atoms with Gasteiger partial charge in [-0.3, -0.25) is 9.69 Å².